The summed E-state index contributed by atoms with van der Waals surface area (Å²) >= 11 is 0. The number of halogens is 1. The minimum atomic E-state index is -0.332. The van der Waals surface area contributed by atoms with Gasteiger partial charge in [-0.25, -0.2) is 4.39 Å². The van der Waals surface area contributed by atoms with Gasteiger partial charge >= 0.3 is 0 Å². The second kappa shape index (κ2) is 5.45. The molecule has 0 unspecified atom stereocenters. The number of ketones is 1. The number of methoxy groups -OCH3 is 1. The van der Waals surface area contributed by atoms with E-state index in [1.165, 1.54) is 18.2 Å². The molecule has 0 amide bonds. The van der Waals surface area contributed by atoms with Gasteiger partial charge in [-0.05, 0) is 67.8 Å². The second-order valence-electron chi connectivity index (χ2n) is 4.93. The van der Waals surface area contributed by atoms with Gasteiger partial charge in [0.1, 0.15) is 11.6 Å². The highest BCUT2D eigenvalue weighted by Gasteiger charge is 2.15. The summed E-state index contributed by atoms with van der Waals surface area (Å²) in [7, 11) is 1.61. The standard InChI is InChI=1S/C17H17FO2/c1-10-9-14(18)5-6-15(10)16(19)13-7-11(2)17(20-4)12(3)8-13/h5-9H,1-4H3. The van der Waals surface area contributed by atoms with E-state index in [1.54, 1.807) is 26.2 Å². The van der Waals surface area contributed by atoms with Crippen LogP contribution >= 0.6 is 0 Å². The van der Waals surface area contributed by atoms with Crippen LogP contribution in [-0.4, -0.2) is 12.9 Å². The van der Waals surface area contributed by atoms with Crippen LogP contribution in [0, 0.1) is 26.6 Å². The van der Waals surface area contributed by atoms with E-state index in [9.17, 15) is 9.18 Å². The predicted molar refractivity (Wildman–Crippen MR) is 77.0 cm³/mol. The first-order valence-electron chi connectivity index (χ1n) is 6.40. The smallest absolute Gasteiger partial charge is 0.193 e. The molecule has 3 heteroatoms. The zero-order chi connectivity index (χ0) is 14.9. The Morgan fingerprint density at radius 2 is 1.60 bits per heavy atom. The van der Waals surface area contributed by atoms with Crippen molar-refractivity contribution in [3.63, 3.8) is 0 Å². The highest BCUT2D eigenvalue weighted by atomic mass is 19.1. The highest BCUT2D eigenvalue weighted by molar-refractivity contribution is 6.10. The topological polar surface area (TPSA) is 26.3 Å². The van der Waals surface area contributed by atoms with E-state index in [2.05, 4.69) is 0 Å². The summed E-state index contributed by atoms with van der Waals surface area (Å²) in [5.41, 5.74) is 3.58. The molecule has 0 spiro atoms. The van der Waals surface area contributed by atoms with Gasteiger partial charge in [-0.2, -0.15) is 0 Å². The van der Waals surface area contributed by atoms with Crippen molar-refractivity contribution >= 4 is 5.78 Å². The van der Waals surface area contributed by atoms with Crippen molar-refractivity contribution in [1.82, 2.24) is 0 Å². The van der Waals surface area contributed by atoms with Gasteiger partial charge in [-0.15, -0.1) is 0 Å². The third-order valence-electron chi connectivity index (χ3n) is 3.36. The third kappa shape index (κ3) is 2.57. The third-order valence-corrected chi connectivity index (χ3v) is 3.36. The molecule has 0 aliphatic rings. The van der Waals surface area contributed by atoms with Gasteiger partial charge in [0, 0.05) is 11.1 Å². The van der Waals surface area contributed by atoms with Crippen LogP contribution in [0.4, 0.5) is 4.39 Å². The fraction of sp³-hybridized carbons (Fsp3) is 0.235. The molecule has 0 fully saturated rings. The first-order valence-corrected chi connectivity index (χ1v) is 6.40. The highest BCUT2D eigenvalue weighted by Crippen LogP contribution is 2.26. The Balaban J connectivity index is 2.49. The zero-order valence-corrected chi connectivity index (χ0v) is 12.1. The Kier molecular flexibility index (Phi) is 3.89. The van der Waals surface area contributed by atoms with E-state index < -0.39 is 0 Å². The predicted octanol–water partition coefficient (Wildman–Crippen LogP) is 3.99. The number of carbonyl (C=O) groups is 1. The fourth-order valence-electron chi connectivity index (χ4n) is 2.44. The normalized spacial score (nSPS) is 10.4. The monoisotopic (exact) mass is 272 g/mol. The van der Waals surface area contributed by atoms with Crippen molar-refractivity contribution in [1.29, 1.82) is 0 Å². The number of hydrogen-bond acceptors (Lipinski definition) is 2. The first kappa shape index (κ1) is 14.3. The molecule has 0 heterocycles. The lowest BCUT2D eigenvalue weighted by molar-refractivity contribution is 0.103. The van der Waals surface area contributed by atoms with Crippen molar-refractivity contribution < 1.29 is 13.9 Å². The van der Waals surface area contributed by atoms with E-state index in [1.807, 2.05) is 13.8 Å². The molecule has 0 N–H and O–H groups in total. The van der Waals surface area contributed by atoms with Gasteiger partial charge in [0.05, 0.1) is 7.11 Å². The Bertz CT molecular complexity index is 652. The molecule has 2 aromatic rings. The van der Waals surface area contributed by atoms with Crippen LogP contribution in [-0.2, 0) is 0 Å². The Morgan fingerprint density at radius 1 is 1.00 bits per heavy atom. The van der Waals surface area contributed by atoms with Crippen LogP contribution in [0.3, 0.4) is 0 Å². The Hall–Kier alpha value is -2.16. The molecule has 0 saturated carbocycles. The molecule has 2 nitrogen and oxygen atoms in total. The molecular weight excluding hydrogens is 255 g/mol. The van der Waals surface area contributed by atoms with Gasteiger partial charge in [0.2, 0.25) is 0 Å². The molecular formula is C17H17FO2. The number of benzene rings is 2. The van der Waals surface area contributed by atoms with Crippen LogP contribution in [0.25, 0.3) is 0 Å². The average molecular weight is 272 g/mol. The van der Waals surface area contributed by atoms with E-state index in [4.69, 9.17) is 4.74 Å². The van der Waals surface area contributed by atoms with E-state index in [0.717, 1.165) is 16.9 Å². The molecule has 0 saturated heterocycles. The molecule has 0 aliphatic carbocycles. The van der Waals surface area contributed by atoms with Gasteiger partial charge in [0.25, 0.3) is 0 Å². The summed E-state index contributed by atoms with van der Waals surface area (Å²) in [5.74, 6) is 0.356. The maximum Gasteiger partial charge on any atom is 0.193 e. The fourth-order valence-corrected chi connectivity index (χ4v) is 2.44. The number of ether oxygens (including phenoxy) is 1. The summed E-state index contributed by atoms with van der Waals surface area (Å²) in [5, 5.41) is 0. The van der Waals surface area contributed by atoms with Crippen molar-refractivity contribution in [3.05, 3.63) is 64.0 Å². The summed E-state index contributed by atoms with van der Waals surface area (Å²) in [4.78, 5) is 12.5. The van der Waals surface area contributed by atoms with Crippen molar-refractivity contribution in [2.24, 2.45) is 0 Å². The molecule has 20 heavy (non-hydrogen) atoms. The SMILES string of the molecule is COc1c(C)cc(C(=O)c2ccc(F)cc2C)cc1C. The van der Waals surface area contributed by atoms with Crippen molar-refractivity contribution in [2.45, 2.75) is 20.8 Å². The molecule has 0 radical (unpaired) electrons. The summed E-state index contributed by atoms with van der Waals surface area (Å²) in [6.07, 6.45) is 0. The molecule has 104 valence electrons. The summed E-state index contributed by atoms with van der Waals surface area (Å²) in [6.45, 7) is 5.54. The van der Waals surface area contributed by atoms with E-state index >= 15 is 0 Å². The van der Waals surface area contributed by atoms with Gasteiger partial charge in [-0.3, -0.25) is 4.79 Å². The maximum atomic E-state index is 13.1. The quantitative estimate of drug-likeness (QED) is 0.790. The zero-order valence-electron chi connectivity index (χ0n) is 12.1. The van der Waals surface area contributed by atoms with Crippen LogP contribution in [0.15, 0.2) is 30.3 Å². The average Bonchev–Trinajstić information content (AvgIpc) is 2.37. The molecule has 2 aromatic carbocycles. The van der Waals surface area contributed by atoms with Crippen LogP contribution in [0.2, 0.25) is 0 Å². The summed E-state index contributed by atoms with van der Waals surface area (Å²) < 4.78 is 18.4. The Morgan fingerprint density at radius 3 is 2.10 bits per heavy atom. The molecule has 2 rings (SSSR count). The van der Waals surface area contributed by atoms with Crippen LogP contribution in [0.5, 0.6) is 5.75 Å². The first-order chi connectivity index (χ1) is 9.43. The minimum Gasteiger partial charge on any atom is -0.496 e. The van der Waals surface area contributed by atoms with Crippen molar-refractivity contribution in [3.8, 4) is 5.75 Å². The van der Waals surface area contributed by atoms with Gasteiger partial charge in [0.15, 0.2) is 5.78 Å². The van der Waals surface area contributed by atoms with E-state index in [-0.39, 0.29) is 11.6 Å². The lowest BCUT2D eigenvalue weighted by Gasteiger charge is -2.11. The minimum absolute atomic E-state index is 0.101. The van der Waals surface area contributed by atoms with Crippen LogP contribution < -0.4 is 4.74 Å². The molecule has 0 atom stereocenters. The number of hydrogen-bond donors (Lipinski definition) is 0. The molecule has 0 bridgehead atoms. The summed E-state index contributed by atoms with van der Waals surface area (Å²) in [6, 6.07) is 7.82. The van der Waals surface area contributed by atoms with Gasteiger partial charge < -0.3 is 4.74 Å². The van der Waals surface area contributed by atoms with Gasteiger partial charge in [-0.1, -0.05) is 0 Å². The van der Waals surface area contributed by atoms with Crippen molar-refractivity contribution in [2.75, 3.05) is 7.11 Å². The molecule has 0 aromatic heterocycles. The number of aryl methyl sites for hydroxylation is 3. The molecule has 0 aliphatic heterocycles. The number of rotatable bonds is 3. The Labute approximate surface area is 118 Å². The maximum absolute atomic E-state index is 13.1. The lowest BCUT2D eigenvalue weighted by atomic mass is 9.96. The van der Waals surface area contributed by atoms with E-state index in [0.29, 0.717) is 16.7 Å². The largest absolute Gasteiger partial charge is 0.496 e. The number of carbonyl (C=O) groups excluding carboxylic acids is 1. The second-order valence-corrected chi connectivity index (χ2v) is 4.93. The lowest BCUT2D eigenvalue weighted by Crippen LogP contribution is -2.06. The van der Waals surface area contributed by atoms with Crippen LogP contribution in [0.1, 0.15) is 32.6 Å².